The van der Waals surface area contributed by atoms with Crippen LogP contribution in [0.15, 0.2) is 34.2 Å². The highest BCUT2D eigenvalue weighted by atomic mass is 16.6. The molecule has 5 rings (SSSR count). The number of carbonyl (C=O) groups excluding carboxylic acids is 1. The lowest BCUT2D eigenvalue weighted by atomic mass is 9.76. The Kier molecular flexibility index (Phi) is 8.30. The van der Waals surface area contributed by atoms with Crippen LogP contribution in [-0.2, 0) is 14.4 Å². The predicted octanol–water partition coefficient (Wildman–Crippen LogP) is 3.60. The number of hydrogen-bond donors (Lipinski definition) is 2. The highest BCUT2D eigenvalue weighted by Crippen LogP contribution is 2.44. The van der Waals surface area contributed by atoms with E-state index in [4.69, 9.17) is 10.6 Å². The molecule has 2 bridgehead atoms. The number of carboxylic acids is 1. The number of oxime groups is 1. The molecule has 1 amide bonds. The third-order valence-electron chi connectivity index (χ3n) is 8.83. The molecule has 1 aliphatic carbocycles. The van der Waals surface area contributed by atoms with Crippen LogP contribution in [0.4, 0.5) is 0 Å². The minimum absolute atomic E-state index is 0.0766. The van der Waals surface area contributed by atoms with Gasteiger partial charge in [-0.1, -0.05) is 56.3 Å². The zero-order chi connectivity index (χ0) is 27.5. The molecule has 1 aromatic heterocycles. The summed E-state index contributed by atoms with van der Waals surface area (Å²) in [7, 11) is 0. The number of carbonyl (C=O) groups is 2. The molecule has 3 heterocycles. The third kappa shape index (κ3) is 5.71. The molecule has 3 aliphatic rings. The number of aliphatic carboxylic acids is 1. The largest absolute Gasteiger partial charge is 0.476 e. The summed E-state index contributed by atoms with van der Waals surface area (Å²) in [6.45, 7) is 1.68. The molecule has 2 aliphatic heterocycles. The van der Waals surface area contributed by atoms with Gasteiger partial charge in [0.25, 0.3) is 11.5 Å². The fraction of sp³-hybridized carbons (Fsp3) is 0.621. The van der Waals surface area contributed by atoms with E-state index < -0.39 is 29.8 Å². The molecule has 1 aromatic carbocycles. The van der Waals surface area contributed by atoms with E-state index in [1.54, 1.807) is 10.6 Å². The number of fused-ring (bicyclic) bond motifs is 3. The number of rotatable bonds is 9. The van der Waals surface area contributed by atoms with Gasteiger partial charge in [-0.3, -0.25) is 14.5 Å². The highest BCUT2D eigenvalue weighted by Gasteiger charge is 2.43. The maximum Gasteiger partial charge on any atom is 0.360 e. The Morgan fingerprint density at radius 2 is 1.72 bits per heavy atom. The van der Waals surface area contributed by atoms with Crippen molar-refractivity contribution in [2.45, 2.75) is 102 Å². The van der Waals surface area contributed by atoms with Gasteiger partial charge in [-0.25, -0.2) is 9.78 Å². The fourth-order valence-corrected chi connectivity index (χ4v) is 7.41. The molecule has 10 heteroatoms. The van der Waals surface area contributed by atoms with Crippen molar-refractivity contribution in [3.05, 3.63) is 40.3 Å². The van der Waals surface area contributed by atoms with Crippen molar-refractivity contribution >= 4 is 28.6 Å². The maximum atomic E-state index is 13.9. The second-order valence-electron chi connectivity index (χ2n) is 11.4. The van der Waals surface area contributed by atoms with Crippen molar-refractivity contribution in [1.29, 1.82) is 0 Å². The standard InChI is InChI=1S/C29H39N5O5/c1-2-7-18-8-5-9-19(14-18)33-20-10-6-11-21(33)16-22(15-20)34-24-13-4-3-12-23(24)31-26(28(34)36)27(29(37)38)32-39-17-25(30)35/h3-4,12-13,18-22H,2,5-11,14-17H2,1H3,(H2,30,35)(H,37,38)/b32-27-/t18?,19-,20-,21+,22?/m0/s1. The van der Waals surface area contributed by atoms with E-state index in [1.807, 2.05) is 18.2 Å². The molecule has 1 saturated carbocycles. The first-order valence-electron chi connectivity index (χ1n) is 14.4. The lowest BCUT2D eigenvalue weighted by molar-refractivity contribution is -0.130. The number of primary amides is 1. The van der Waals surface area contributed by atoms with Crippen molar-refractivity contribution in [1.82, 2.24) is 14.5 Å². The van der Waals surface area contributed by atoms with Gasteiger partial charge in [-0.2, -0.15) is 0 Å². The average Bonchev–Trinajstić information content (AvgIpc) is 2.90. The zero-order valence-electron chi connectivity index (χ0n) is 22.6. The van der Waals surface area contributed by atoms with E-state index in [0.717, 1.165) is 31.6 Å². The number of carboxylic acid groups (broad SMARTS) is 1. The van der Waals surface area contributed by atoms with Crippen molar-refractivity contribution in [3.8, 4) is 0 Å². The number of nitrogens with two attached hydrogens (primary N) is 1. The zero-order valence-corrected chi connectivity index (χ0v) is 22.6. The SMILES string of the molecule is CCCC1CCC[C@H](N2[C@@H]3CCC[C@H]2CC(n2c(=O)c(/C(=N/OCC(N)=O)C(=O)O)nc4ccccc42)C3)C1. The molecular formula is C29H39N5O5. The maximum absolute atomic E-state index is 13.9. The van der Waals surface area contributed by atoms with E-state index in [2.05, 4.69) is 22.0 Å². The average molecular weight is 538 g/mol. The first-order valence-corrected chi connectivity index (χ1v) is 14.4. The van der Waals surface area contributed by atoms with Gasteiger partial charge in [0.1, 0.15) is 0 Å². The number of amides is 1. The molecule has 2 unspecified atom stereocenters. The van der Waals surface area contributed by atoms with E-state index in [1.165, 1.54) is 44.9 Å². The Balaban J connectivity index is 1.50. The minimum atomic E-state index is -1.46. The number of aromatic nitrogens is 2. The quantitative estimate of drug-likeness (QED) is 0.368. The Hall–Kier alpha value is -3.27. The summed E-state index contributed by atoms with van der Waals surface area (Å²) < 4.78 is 1.74. The predicted molar refractivity (Wildman–Crippen MR) is 148 cm³/mol. The summed E-state index contributed by atoms with van der Waals surface area (Å²) in [5.41, 5.74) is 4.84. The number of piperidine rings is 2. The molecule has 5 atom stereocenters. The molecule has 210 valence electrons. The van der Waals surface area contributed by atoms with Gasteiger partial charge in [-0.05, 0) is 56.6 Å². The van der Waals surface area contributed by atoms with Crippen LogP contribution < -0.4 is 11.3 Å². The van der Waals surface area contributed by atoms with Crippen molar-refractivity contribution < 1.29 is 19.5 Å². The van der Waals surface area contributed by atoms with Gasteiger partial charge < -0.3 is 20.2 Å². The topological polar surface area (TPSA) is 140 Å². The van der Waals surface area contributed by atoms with Crippen LogP contribution in [0.2, 0.25) is 0 Å². The Bertz CT molecular complexity index is 1290. The molecule has 0 spiro atoms. The van der Waals surface area contributed by atoms with Gasteiger partial charge in [0.2, 0.25) is 5.71 Å². The van der Waals surface area contributed by atoms with Crippen molar-refractivity contribution in [2.24, 2.45) is 16.8 Å². The van der Waals surface area contributed by atoms with Crippen LogP contribution >= 0.6 is 0 Å². The lowest BCUT2D eigenvalue weighted by Crippen LogP contribution is -2.58. The van der Waals surface area contributed by atoms with Gasteiger partial charge >= 0.3 is 5.97 Å². The van der Waals surface area contributed by atoms with Crippen LogP contribution in [-0.4, -0.2) is 61.9 Å². The van der Waals surface area contributed by atoms with Crippen LogP contribution in [0.3, 0.4) is 0 Å². The van der Waals surface area contributed by atoms with E-state index in [-0.39, 0.29) is 11.7 Å². The molecule has 39 heavy (non-hydrogen) atoms. The smallest absolute Gasteiger partial charge is 0.360 e. The van der Waals surface area contributed by atoms with Crippen LogP contribution in [0.5, 0.6) is 0 Å². The molecule has 2 saturated heterocycles. The molecule has 0 radical (unpaired) electrons. The monoisotopic (exact) mass is 537 g/mol. The fourth-order valence-electron chi connectivity index (χ4n) is 7.41. The van der Waals surface area contributed by atoms with Crippen molar-refractivity contribution in [3.63, 3.8) is 0 Å². The minimum Gasteiger partial charge on any atom is -0.476 e. The number of benzene rings is 1. The molecule has 10 nitrogen and oxygen atoms in total. The molecular weight excluding hydrogens is 498 g/mol. The van der Waals surface area contributed by atoms with Crippen LogP contribution in [0, 0.1) is 5.92 Å². The van der Waals surface area contributed by atoms with Gasteiger partial charge in [-0.15, -0.1) is 0 Å². The molecule has 2 aromatic rings. The number of para-hydroxylation sites is 2. The molecule has 3 fully saturated rings. The second kappa shape index (κ2) is 11.9. The van der Waals surface area contributed by atoms with Crippen molar-refractivity contribution in [2.75, 3.05) is 6.61 Å². The summed E-state index contributed by atoms with van der Waals surface area (Å²) >= 11 is 0. The van der Waals surface area contributed by atoms with E-state index in [0.29, 0.717) is 29.2 Å². The Morgan fingerprint density at radius 3 is 2.38 bits per heavy atom. The normalized spacial score (nSPS) is 27.8. The van der Waals surface area contributed by atoms with Crippen LogP contribution in [0.1, 0.15) is 89.3 Å². The summed E-state index contributed by atoms with van der Waals surface area (Å²) in [6, 6.07) is 8.66. The number of hydrogen-bond acceptors (Lipinski definition) is 7. The Morgan fingerprint density at radius 1 is 1.05 bits per heavy atom. The van der Waals surface area contributed by atoms with Gasteiger partial charge in [0, 0.05) is 24.2 Å². The van der Waals surface area contributed by atoms with E-state index >= 15 is 0 Å². The lowest BCUT2D eigenvalue weighted by Gasteiger charge is -2.54. The third-order valence-corrected chi connectivity index (χ3v) is 8.83. The summed E-state index contributed by atoms with van der Waals surface area (Å²) in [4.78, 5) is 49.1. The van der Waals surface area contributed by atoms with E-state index in [9.17, 15) is 19.5 Å². The second-order valence-corrected chi connectivity index (χ2v) is 11.4. The first kappa shape index (κ1) is 27.3. The Labute approximate surface area is 228 Å². The summed E-state index contributed by atoms with van der Waals surface area (Å²) in [5.74, 6) is -1.45. The van der Waals surface area contributed by atoms with Crippen LogP contribution in [0.25, 0.3) is 11.0 Å². The summed E-state index contributed by atoms with van der Waals surface area (Å²) in [5, 5.41) is 13.4. The summed E-state index contributed by atoms with van der Waals surface area (Å²) in [6.07, 6.45) is 12.8. The van der Waals surface area contributed by atoms with Gasteiger partial charge in [0.05, 0.1) is 11.0 Å². The number of nitrogens with zero attached hydrogens (tertiary/aromatic N) is 4. The highest BCUT2D eigenvalue weighted by molar-refractivity contribution is 6.41. The first-order chi connectivity index (χ1) is 18.9. The molecule has 3 N–H and O–H groups in total. The van der Waals surface area contributed by atoms with Gasteiger partial charge in [0.15, 0.2) is 12.3 Å².